The molecule has 0 fully saturated rings. The molecule has 0 saturated heterocycles. The summed E-state index contributed by atoms with van der Waals surface area (Å²) in [6.07, 6.45) is 0. The highest BCUT2D eigenvalue weighted by atomic mass is 16.6. The molecule has 0 spiro atoms. The minimum Gasteiger partial charge on any atom is -0.507 e. The van der Waals surface area contributed by atoms with Gasteiger partial charge in [-0.25, -0.2) is 0 Å². The van der Waals surface area contributed by atoms with Crippen molar-refractivity contribution >= 4 is 16.5 Å². The van der Waals surface area contributed by atoms with E-state index >= 15 is 0 Å². The summed E-state index contributed by atoms with van der Waals surface area (Å²) in [6, 6.07) is 6.83. The molecule has 15 heavy (non-hydrogen) atoms. The molecule has 2 N–H and O–H groups in total. The molecule has 0 saturated carbocycles. The average molecular weight is 205 g/mol. The van der Waals surface area contributed by atoms with Crippen molar-refractivity contribution in [3.8, 4) is 11.5 Å². The Morgan fingerprint density at radius 2 is 1.80 bits per heavy atom. The van der Waals surface area contributed by atoms with Crippen molar-refractivity contribution in [2.45, 2.75) is 0 Å². The van der Waals surface area contributed by atoms with Crippen LogP contribution in [-0.4, -0.2) is 15.1 Å². The third-order valence-corrected chi connectivity index (χ3v) is 2.15. The highest BCUT2D eigenvalue weighted by Gasteiger charge is 2.12. The summed E-state index contributed by atoms with van der Waals surface area (Å²) in [4.78, 5) is 9.90. The van der Waals surface area contributed by atoms with Gasteiger partial charge in [0.2, 0.25) is 0 Å². The summed E-state index contributed by atoms with van der Waals surface area (Å²) in [5.74, 6) is -0.304. The van der Waals surface area contributed by atoms with Crippen molar-refractivity contribution in [2.24, 2.45) is 0 Å². The third-order valence-electron chi connectivity index (χ3n) is 2.15. The van der Waals surface area contributed by atoms with Gasteiger partial charge in [-0.2, -0.15) is 0 Å². The van der Waals surface area contributed by atoms with E-state index in [0.29, 0.717) is 5.39 Å². The number of benzene rings is 2. The number of fused-ring (bicyclic) bond motifs is 1. The maximum Gasteiger partial charge on any atom is 0.273 e. The van der Waals surface area contributed by atoms with Crippen molar-refractivity contribution in [3.63, 3.8) is 0 Å². The smallest absolute Gasteiger partial charge is 0.273 e. The number of non-ortho nitro benzene ring substituents is 1. The first-order chi connectivity index (χ1) is 7.09. The largest absolute Gasteiger partial charge is 0.507 e. The van der Waals surface area contributed by atoms with Gasteiger partial charge in [0.05, 0.1) is 11.0 Å². The van der Waals surface area contributed by atoms with E-state index in [1.54, 1.807) is 12.1 Å². The summed E-state index contributed by atoms with van der Waals surface area (Å²) < 4.78 is 0. The van der Waals surface area contributed by atoms with Crippen LogP contribution in [0.5, 0.6) is 11.5 Å². The molecular weight excluding hydrogens is 198 g/mol. The Labute approximate surface area is 84.4 Å². The van der Waals surface area contributed by atoms with E-state index in [4.69, 9.17) is 0 Å². The third kappa shape index (κ3) is 1.43. The van der Waals surface area contributed by atoms with Crippen molar-refractivity contribution < 1.29 is 15.1 Å². The minimum atomic E-state index is -0.619. The van der Waals surface area contributed by atoms with Gasteiger partial charge < -0.3 is 10.2 Å². The highest BCUT2D eigenvalue weighted by molar-refractivity contribution is 5.94. The zero-order valence-electron chi connectivity index (χ0n) is 7.54. The standard InChI is InChI=1S/C10H7NO4/c12-9-3-1-2-7-8(9)4-6(11(14)15)5-10(7)13/h1-5,12-13H. The van der Waals surface area contributed by atoms with Gasteiger partial charge in [-0.05, 0) is 6.07 Å². The second-order valence-electron chi connectivity index (χ2n) is 3.09. The van der Waals surface area contributed by atoms with Gasteiger partial charge in [-0.1, -0.05) is 12.1 Å². The molecule has 0 bridgehead atoms. The molecule has 5 nitrogen and oxygen atoms in total. The summed E-state index contributed by atoms with van der Waals surface area (Å²) in [7, 11) is 0. The van der Waals surface area contributed by atoms with Gasteiger partial charge in [0.15, 0.2) is 0 Å². The summed E-state index contributed by atoms with van der Waals surface area (Å²) in [5.41, 5.74) is -0.249. The van der Waals surface area contributed by atoms with Crippen LogP contribution in [0.2, 0.25) is 0 Å². The topological polar surface area (TPSA) is 83.6 Å². The quantitative estimate of drug-likeness (QED) is 0.551. The molecule has 0 aromatic heterocycles. The van der Waals surface area contributed by atoms with E-state index in [1.807, 2.05) is 0 Å². The Bertz CT molecular complexity index is 550. The first-order valence-corrected chi connectivity index (χ1v) is 4.18. The minimum absolute atomic E-state index is 0.0912. The molecule has 0 aliphatic heterocycles. The van der Waals surface area contributed by atoms with E-state index in [1.165, 1.54) is 12.1 Å². The molecule has 0 heterocycles. The fourth-order valence-corrected chi connectivity index (χ4v) is 1.44. The van der Waals surface area contributed by atoms with Crippen LogP contribution in [0.3, 0.4) is 0 Å². The predicted molar refractivity (Wildman–Crippen MR) is 53.9 cm³/mol. The number of phenolic OH excluding ortho intramolecular Hbond substituents is 2. The van der Waals surface area contributed by atoms with E-state index in [0.717, 1.165) is 6.07 Å². The number of aromatic hydroxyl groups is 2. The Hall–Kier alpha value is -2.30. The van der Waals surface area contributed by atoms with Crippen LogP contribution >= 0.6 is 0 Å². The van der Waals surface area contributed by atoms with Crippen molar-refractivity contribution in [2.75, 3.05) is 0 Å². The molecule has 0 radical (unpaired) electrons. The van der Waals surface area contributed by atoms with Crippen LogP contribution in [0, 0.1) is 10.1 Å². The number of nitro groups is 1. The maximum absolute atomic E-state index is 10.5. The van der Waals surface area contributed by atoms with Gasteiger partial charge in [0, 0.05) is 16.8 Å². The number of nitrogens with zero attached hydrogens (tertiary/aromatic N) is 1. The lowest BCUT2D eigenvalue weighted by Gasteiger charge is -2.02. The SMILES string of the molecule is O=[N+]([O-])c1cc(O)c2cccc(O)c2c1. The molecule has 0 aliphatic carbocycles. The van der Waals surface area contributed by atoms with Gasteiger partial charge >= 0.3 is 0 Å². The molecular formula is C10H7NO4. The van der Waals surface area contributed by atoms with Crippen molar-refractivity contribution in [1.29, 1.82) is 0 Å². The van der Waals surface area contributed by atoms with Crippen molar-refractivity contribution in [1.82, 2.24) is 0 Å². The molecule has 2 rings (SSSR count). The van der Waals surface area contributed by atoms with Crippen LogP contribution in [0.1, 0.15) is 0 Å². The Morgan fingerprint density at radius 3 is 2.47 bits per heavy atom. The predicted octanol–water partition coefficient (Wildman–Crippen LogP) is 2.16. The number of phenols is 2. The lowest BCUT2D eigenvalue weighted by atomic mass is 10.1. The van der Waals surface area contributed by atoms with E-state index in [-0.39, 0.29) is 22.6 Å². The summed E-state index contributed by atoms with van der Waals surface area (Å²) in [5, 5.41) is 30.2. The fourth-order valence-electron chi connectivity index (χ4n) is 1.44. The lowest BCUT2D eigenvalue weighted by Crippen LogP contribution is -1.88. The van der Waals surface area contributed by atoms with Gasteiger partial charge in [0.1, 0.15) is 11.5 Å². The average Bonchev–Trinajstić information content (AvgIpc) is 2.19. The summed E-state index contributed by atoms with van der Waals surface area (Å²) >= 11 is 0. The molecule has 5 heteroatoms. The molecule has 0 amide bonds. The molecule has 0 aliphatic rings. The second kappa shape index (κ2) is 3.13. The van der Waals surface area contributed by atoms with Crippen molar-refractivity contribution in [3.05, 3.63) is 40.4 Å². The van der Waals surface area contributed by atoms with Crippen LogP contribution in [-0.2, 0) is 0 Å². The Balaban J connectivity index is 2.85. The van der Waals surface area contributed by atoms with Crippen LogP contribution in [0.25, 0.3) is 10.8 Å². The van der Waals surface area contributed by atoms with Gasteiger partial charge in [-0.15, -0.1) is 0 Å². The lowest BCUT2D eigenvalue weighted by molar-refractivity contribution is -0.384. The summed E-state index contributed by atoms with van der Waals surface area (Å²) in [6.45, 7) is 0. The number of hydrogen-bond acceptors (Lipinski definition) is 4. The van der Waals surface area contributed by atoms with Gasteiger partial charge in [0.25, 0.3) is 5.69 Å². The van der Waals surface area contributed by atoms with Crippen LogP contribution in [0.15, 0.2) is 30.3 Å². The second-order valence-corrected chi connectivity index (χ2v) is 3.09. The van der Waals surface area contributed by atoms with Gasteiger partial charge in [-0.3, -0.25) is 10.1 Å². The van der Waals surface area contributed by atoms with E-state index in [2.05, 4.69) is 0 Å². The monoisotopic (exact) mass is 205 g/mol. The number of hydrogen-bond donors (Lipinski definition) is 2. The number of nitro benzene ring substituents is 1. The maximum atomic E-state index is 10.5. The molecule has 0 atom stereocenters. The van der Waals surface area contributed by atoms with E-state index in [9.17, 15) is 20.3 Å². The Morgan fingerprint density at radius 1 is 1.07 bits per heavy atom. The van der Waals surface area contributed by atoms with Crippen LogP contribution in [0.4, 0.5) is 5.69 Å². The normalized spacial score (nSPS) is 10.4. The number of rotatable bonds is 1. The zero-order chi connectivity index (χ0) is 11.0. The van der Waals surface area contributed by atoms with Crippen LogP contribution < -0.4 is 0 Å². The molecule has 76 valence electrons. The highest BCUT2D eigenvalue weighted by Crippen LogP contribution is 2.34. The first kappa shape index (κ1) is 9.26. The zero-order valence-corrected chi connectivity index (χ0v) is 7.54. The Kier molecular flexibility index (Phi) is 1.93. The first-order valence-electron chi connectivity index (χ1n) is 4.18. The molecule has 2 aromatic rings. The van der Waals surface area contributed by atoms with E-state index < -0.39 is 4.92 Å². The fraction of sp³-hybridized carbons (Fsp3) is 0. The molecule has 2 aromatic carbocycles. The molecule has 0 unspecified atom stereocenters.